The molecular formula is C21H20N2O3S. The van der Waals surface area contributed by atoms with Crippen molar-refractivity contribution in [3.05, 3.63) is 58.5 Å². The molecule has 2 heterocycles. The molecule has 2 aromatic carbocycles. The number of rotatable bonds is 4. The number of fused-ring (bicyclic) bond motifs is 1. The number of hydrogen-bond donors (Lipinski definition) is 0. The van der Waals surface area contributed by atoms with Gasteiger partial charge in [-0.05, 0) is 41.8 Å². The Bertz CT molecular complexity index is 984. The number of piperidine rings is 1. The van der Waals surface area contributed by atoms with Crippen molar-refractivity contribution in [3.63, 3.8) is 0 Å². The number of hydrogen-bond acceptors (Lipinski definition) is 5. The number of ether oxygens (including phenoxy) is 1. The zero-order valence-corrected chi connectivity index (χ0v) is 15.9. The van der Waals surface area contributed by atoms with Gasteiger partial charge in [0.2, 0.25) is 0 Å². The van der Waals surface area contributed by atoms with E-state index < -0.39 is 0 Å². The van der Waals surface area contributed by atoms with Crippen molar-refractivity contribution in [2.75, 3.05) is 20.2 Å². The molecule has 1 unspecified atom stereocenters. The van der Waals surface area contributed by atoms with Crippen LogP contribution in [0.5, 0.6) is 5.75 Å². The maximum absolute atomic E-state index is 13.0. The molecule has 1 amide bonds. The highest BCUT2D eigenvalue weighted by molar-refractivity contribution is 7.11. The maximum Gasteiger partial charge on any atom is 0.265 e. The lowest BCUT2D eigenvalue weighted by Crippen LogP contribution is -2.42. The maximum atomic E-state index is 13.0. The second-order valence-electron chi connectivity index (χ2n) is 6.75. The van der Waals surface area contributed by atoms with Crippen LogP contribution in [-0.2, 0) is 0 Å². The van der Waals surface area contributed by atoms with Gasteiger partial charge in [0.15, 0.2) is 5.78 Å². The summed E-state index contributed by atoms with van der Waals surface area (Å²) in [7, 11) is 1.64. The zero-order valence-electron chi connectivity index (χ0n) is 15.1. The molecule has 0 spiro atoms. The van der Waals surface area contributed by atoms with Crippen molar-refractivity contribution in [2.24, 2.45) is 5.92 Å². The van der Waals surface area contributed by atoms with Crippen molar-refractivity contribution < 1.29 is 14.3 Å². The Kier molecular flexibility index (Phi) is 4.90. The van der Waals surface area contributed by atoms with Gasteiger partial charge in [-0.3, -0.25) is 14.6 Å². The van der Waals surface area contributed by atoms with Crippen molar-refractivity contribution >= 4 is 33.8 Å². The summed E-state index contributed by atoms with van der Waals surface area (Å²) < 4.78 is 5.25. The van der Waals surface area contributed by atoms with Crippen LogP contribution in [0.4, 0.5) is 0 Å². The lowest BCUT2D eigenvalue weighted by atomic mass is 9.89. The van der Waals surface area contributed by atoms with Crippen molar-refractivity contribution in [2.45, 2.75) is 12.8 Å². The zero-order chi connectivity index (χ0) is 18.8. The minimum absolute atomic E-state index is 0.0272. The highest BCUT2D eigenvalue weighted by Gasteiger charge is 2.30. The van der Waals surface area contributed by atoms with Gasteiger partial charge < -0.3 is 9.64 Å². The largest absolute Gasteiger partial charge is 0.497 e. The van der Waals surface area contributed by atoms with Gasteiger partial charge in [-0.15, -0.1) is 11.3 Å². The van der Waals surface area contributed by atoms with Crippen LogP contribution in [0.2, 0.25) is 0 Å². The molecule has 138 valence electrons. The van der Waals surface area contributed by atoms with Crippen molar-refractivity contribution in [3.8, 4) is 5.75 Å². The molecule has 0 radical (unpaired) electrons. The van der Waals surface area contributed by atoms with Crippen LogP contribution in [0.3, 0.4) is 0 Å². The fraction of sp³-hybridized carbons (Fsp3) is 0.286. The summed E-state index contributed by atoms with van der Waals surface area (Å²) in [6, 6.07) is 11.6. The number of ketones is 1. The van der Waals surface area contributed by atoms with Crippen LogP contribution in [0, 0.1) is 5.92 Å². The molecule has 6 heteroatoms. The fourth-order valence-corrected chi connectivity index (χ4v) is 4.18. The number of likely N-dealkylation sites (tertiary alicyclic amines) is 1. The lowest BCUT2D eigenvalue weighted by Gasteiger charge is -2.31. The quantitative estimate of drug-likeness (QED) is 0.641. The van der Waals surface area contributed by atoms with E-state index in [1.54, 1.807) is 23.7 Å². The first-order valence-corrected chi connectivity index (χ1v) is 9.83. The fourth-order valence-electron chi connectivity index (χ4n) is 3.59. The van der Waals surface area contributed by atoms with E-state index in [0.717, 1.165) is 29.4 Å². The van der Waals surface area contributed by atoms with Gasteiger partial charge in [0.25, 0.3) is 5.91 Å². The van der Waals surface area contributed by atoms with E-state index in [4.69, 9.17) is 4.74 Å². The number of methoxy groups -OCH3 is 1. The van der Waals surface area contributed by atoms with E-state index in [-0.39, 0.29) is 17.6 Å². The third-order valence-corrected chi connectivity index (χ3v) is 5.82. The van der Waals surface area contributed by atoms with Gasteiger partial charge in [-0.1, -0.05) is 18.2 Å². The minimum atomic E-state index is -0.161. The molecule has 1 atom stereocenters. The Morgan fingerprint density at radius 1 is 1.19 bits per heavy atom. The number of thiazole rings is 1. The van der Waals surface area contributed by atoms with Crippen LogP contribution >= 0.6 is 11.3 Å². The summed E-state index contributed by atoms with van der Waals surface area (Å²) >= 11 is 1.34. The first-order valence-electron chi connectivity index (χ1n) is 8.95. The summed E-state index contributed by atoms with van der Waals surface area (Å²) in [6.07, 6.45) is 3.24. The number of benzene rings is 2. The molecule has 1 saturated heterocycles. The second-order valence-corrected chi connectivity index (χ2v) is 7.63. The van der Waals surface area contributed by atoms with Crippen LogP contribution < -0.4 is 4.74 Å². The molecule has 0 saturated carbocycles. The monoisotopic (exact) mass is 380 g/mol. The standard InChI is InChI=1S/C21H20N2O3S/c1-26-18-7-6-14-9-16(5-4-15(14)10-18)20(24)17-3-2-8-23(12-17)21(25)19-11-22-13-27-19/h4-7,9-11,13,17H,2-3,8,12H2,1H3. The van der Waals surface area contributed by atoms with Gasteiger partial charge in [-0.25, -0.2) is 0 Å². The normalized spacial score (nSPS) is 17.1. The molecule has 0 bridgehead atoms. The highest BCUT2D eigenvalue weighted by Crippen LogP contribution is 2.26. The molecule has 1 aliphatic heterocycles. The third kappa shape index (κ3) is 3.57. The molecule has 4 rings (SSSR count). The molecular weight excluding hydrogens is 360 g/mol. The van der Waals surface area contributed by atoms with E-state index >= 15 is 0 Å². The Morgan fingerprint density at radius 2 is 2.00 bits per heavy atom. The average Bonchev–Trinajstić information content (AvgIpc) is 3.27. The van der Waals surface area contributed by atoms with E-state index in [9.17, 15) is 9.59 Å². The summed E-state index contributed by atoms with van der Waals surface area (Å²) in [6.45, 7) is 1.16. The number of carbonyl (C=O) groups is 2. The Balaban J connectivity index is 1.53. The first kappa shape index (κ1) is 17.7. The number of amides is 1. The van der Waals surface area contributed by atoms with Gasteiger partial charge in [0, 0.05) is 24.6 Å². The molecule has 1 aromatic heterocycles. The van der Waals surface area contributed by atoms with Gasteiger partial charge in [0.05, 0.1) is 18.8 Å². The lowest BCUT2D eigenvalue weighted by molar-refractivity contribution is 0.0641. The molecule has 27 heavy (non-hydrogen) atoms. The Labute approximate surface area is 161 Å². The van der Waals surface area contributed by atoms with E-state index in [0.29, 0.717) is 23.5 Å². The smallest absolute Gasteiger partial charge is 0.265 e. The topological polar surface area (TPSA) is 59.5 Å². The predicted molar refractivity (Wildman–Crippen MR) is 106 cm³/mol. The number of nitrogens with zero attached hydrogens (tertiary/aromatic N) is 2. The van der Waals surface area contributed by atoms with Crippen molar-refractivity contribution in [1.29, 1.82) is 0 Å². The number of Topliss-reactive ketones (excluding diaryl/α,β-unsaturated/α-hetero) is 1. The van der Waals surface area contributed by atoms with E-state index in [2.05, 4.69) is 4.98 Å². The molecule has 0 aliphatic carbocycles. The number of carbonyl (C=O) groups excluding carboxylic acids is 2. The first-order chi connectivity index (χ1) is 13.2. The molecule has 3 aromatic rings. The van der Waals surface area contributed by atoms with Crippen LogP contribution in [0.1, 0.15) is 32.9 Å². The average molecular weight is 380 g/mol. The second kappa shape index (κ2) is 7.48. The van der Waals surface area contributed by atoms with Crippen LogP contribution in [-0.4, -0.2) is 41.8 Å². The van der Waals surface area contributed by atoms with Crippen LogP contribution in [0.25, 0.3) is 10.8 Å². The SMILES string of the molecule is COc1ccc2cc(C(=O)C3CCCN(C(=O)c4cncs4)C3)ccc2c1. The summed E-state index contributed by atoms with van der Waals surface area (Å²) in [5.41, 5.74) is 2.36. The summed E-state index contributed by atoms with van der Waals surface area (Å²) in [5.74, 6) is 0.715. The van der Waals surface area contributed by atoms with Crippen molar-refractivity contribution in [1.82, 2.24) is 9.88 Å². The minimum Gasteiger partial charge on any atom is -0.497 e. The van der Waals surface area contributed by atoms with Gasteiger partial charge in [-0.2, -0.15) is 0 Å². The Hall–Kier alpha value is -2.73. The third-order valence-electron chi connectivity index (χ3n) is 5.05. The predicted octanol–water partition coefficient (Wildman–Crippen LogP) is 4.04. The highest BCUT2D eigenvalue weighted by atomic mass is 32.1. The molecule has 1 aliphatic rings. The molecule has 0 N–H and O–H groups in total. The Morgan fingerprint density at radius 3 is 2.78 bits per heavy atom. The molecule has 5 nitrogen and oxygen atoms in total. The van der Waals surface area contributed by atoms with E-state index in [1.807, 2.05) is 36.4 Å². The van der Waals surface area contributed by atoms with Gasteiger partial charge >= 0.3 is 0 Å². The summed E-state index contributed by atoms with van der Waals surface area (Å²) in [4.78, 5) is 32.0. The molecule has 1 fully saturated rings. The van der Waals surface area contributed by atoms with E-state index in [1.165, 1.54) is 11.3 Å². The summed E-state index contributed by atoms with van der Waals surface area (Å²) in [5, 5.41) is 2.05. The van der Waals surface area contributed by atoms with Crippen LogP contribution in [0.15, 0.2) is 48.1 Å². The number of aromatic nitrogens is 1. The van der Waals surface area contributed by atoms with Gasteiger partial charge in [0.1, 0.15) is 10.6 Å².